The van der Waals surface area contributed by atoms with E-state index >= 15 is 0 Å². The first-order chi connectivity index (χ1) is 13.6. The number of fused-ring (bicyclic) bond motifs is 3. The molecule has 28 heavy (non-hydrogen) atoms. The lowest BCUT2D eigenvalue weighted by Crippen LogP contribution is -2.19. The molecule has 0 saturated heterocycles. The van der Waals surface area contributed by atoms with Crippen molar-refractivity contribution in [1.29, 1.82) is 0 Å². The van der Waals surface area contributed by atoms with Crippen LogP contribution in [-0.4, -0.2) is 17.8 Å². The van der Waals surface area contributed by atoms with Gasteiger partial charge in [-0.05, 0) is 58.7 Å². The average Bonchev–Trinajstić information content (AvgIpc) is 3.01. The molecule has 1 aliphatic rings. The summed E-state index contributed by atoms with van der Waals surface area (Å²) < 4.78 is 5.53. The van der Waals surface area contributed by atoms with Gasteiger partial charge in [0.05, 0.1) is 0 Å². The molecule has 0 saturated carbocycles. The van der Waals surface area contributed by atoms with Gasteiger partial charge in [0.25, 0.3) is 0 Å². The number of nitrogens with one attached hydrogen (secondary N) is 2. The van der Waals surface area contributed by atoms with Gasteiger partial charge < -0.3 is 15.8 Å². The quantitative estimate of drug-likeness (QED) is 0.564. The minimum absolute atomic E-state index is 0.0373. The number of amides is 1. The highest BCUT2D eigenvalue weighted by atomic mass is 32.1. The Hall–Kier alpha value is -3.38. The fourth-order valence-corrected chi connectivity index (χ4v) is 3.65. The van der Waals surface area contributed by atoms with E-state index in [0.29, 0.717) is 5.69 Å². The summed E-state index contributed by atoms with van der Waals surface area (Å²) in [5.74, 6) is 0.0373. The molecule has 1 amide bonds. The van der Waals surface area contributed by atoms with E-state index in [1.165, 1.54) is 22.3 Å². The summed E-state index contributed by atoms with van der Waals surface area (Å²) in [7, 11) is 0. The Kier molecular flexibility index (Phi) is 4.95. The van der Waals surface area contributed by atoms with Gasteiger partial charge in [0.2, 0.25) is 0 Å². The van der Waals surface area contributed by atoms with Gasteiger partial charge in [0.15, 0.2) is 5.11 Å². The molecular formula is C22H19N3O2S. The Balaban J connectivity index is 1.42. The first-order valence-corrected chi connectivity index (χ1v) is 9.31. The third-order valence-corrected chi connectivity index (χ3v) is 4.84. The SMILES string of the molecule is NC(=S)Nc1ccc(NC(=O)OCC2c3ccccc3-c3ccccc32)cc1. The van der Waals surface area contributed by atoms with Gasteiger partial charge in [-0.1, -0.05) is 48.5 Å². The summed E-state index contributed by atoms with van der Waals surface area (Å²) >= 11 is 4.80. The van der Waals surface area contributed by atoms with E-state index in [2.05, 4.69) is 34.9 Å². The maximum Gasteiger partial charge on any atom is 0.411 e. The second-order valence-corrected chi connectivity index (χ2v) is 6.96. The molecule has 0 atom stereocenters. The highest BCUT2D eigenvalue weighted by Crippen LogP contribution is 2.44. The monoisotopic (exact) mass is 389 g/mol. The van der Waals surface area contributed by atoms with Gasteiger partial charge >= 0.3 is 6.09 Å². The number of ether oxygens (including phenoxy) is 1. The second kappa shape index (κ2) is 7.70. The normalized spacial score (nSPS) is 12.0. The van der Waals surface area contributed by atoms with Gasteiger partial charge in [-0.3, -0.25) is 5.32 Å². The Morgan fingerprint density at radius 3 is 1.89 bits per heavy atom. The molecule has 0 radical (unpaired) electrons. The zero-order valence-corrected chi connectivity index (χ0v) is 15.8. The van der Waals surface area contributed by atoms with Crippen LogP contribution in [0.1, 0.15) is 17.0 Å². The van der Waals surface area contributed by atoms with Crippen molar-refractivity contribution in [3.05, 3.63) is 83.9 Å². The lowest BCUT2D eigenvalue weighted by atomic mass is 9.98. The van der Waals surface area contributed by atoms with Crippen molar-refractivity contribution in [2.24, 2.45) is 5.73 Å². The smallest absolute Gasteiger partial charge is 0.411 e. The van der Waals surface area contributed by atoms with Crippen LogP contribution in [-0.2, 0) is 4.74 Å². The van der Waals surface area contributed by atoms with E-state index in [1.54, 1.807) is 24.3 Å². The fraction of sp³-hybridized carbons (Fsp3) is 0.0909. The van der Waals surface area contributed by atoms with E-state index in [-0.39, 0.29) is 17.6 Å². The minimum Gasteiger partial charge on any atom is -0.448 e. The predicted octanol–water partition coefficient (Wildman–Crippen LogP) is 4.70. The third-order valence-electron chi connectivity index (χ3n) is 4.74. The molecule has 1 aliphatic carbocycles. The Labute approximate surface area is 168 Å². The first kappa shape index (κ1) is 18.0. The number of carbonyl (C=O) groups is 1. The van der Waals surface area contributed by atoms with E-state index in [0.717, 1.165) is 5.69 Å². The van der Waals surface area contributed by atoms with Gasteiger partial charge in [-0.25, -0.2) is 4.79 Å². The van der Waals surface area contributed by atoms with Gasteiger partial charge in [-0.2, -0.15) is 0 Å². The largest absolute Gasteiger partial charge is 0.448 e. The molecule has 0 spiro atoms. The lowest BCUT2D eigenvalue weighted by molar-refractivity contribution is 0.158. The molecule has 3 aromatic carbocycles. The van der Waals surface area contributed by atoms with Crippen LogP contribution >= 0.6 is 12.2 Å². The molecule has 0 fully saturated rings. The lowest BCUT2D eigenvalue weighted by Gasteiger charge is -2.14. The summed E-state index contributed by atoms with van der Waals surface area (Å²) in [5, 5.41) is 5.76. The minimum atomic E-state index is -0.489. The molecule has 4 rings (SSSR count). The van der Waals surface area contributed by atoms with E-state index in [1.807, 2.05) is 24.3 Å². The van der Waals surface area contributed by atoms with Crippen LogP contribution < -0.4 is 16.4 Å². The van der Waals surface area contributed by atoms with Crippen LogP contribution in [0.2, 0.25) is 0 Å². The van der Waals surface area contributed by atoms with Crippen molar-refractivity contribution in [1.82, 2.24) is 0 Å². The molecule has 3 aromatic rings. The zero-order valence-electron chi connectivity index (χ0n) is 15.0. The van der Waals surface area contributed by atoms with Gasteiger partial charge in [0.1, 0.15) is 6.61 Å². The van der Waals surface area contributed by atoms with Crippen LogP contribution in [0.5, 0.6) is 0 Å². The number of hydrogen-bond acceptors (Lipinski definition) is 3. The van der Waals surface area contributed by atoms with Crippen LogP contribution in [0.25, 0.3) is 11.1 Å². The van der Waals surface area contributed by atoms with Gasteiger partial charge in [-0.15, -0.1) is 0 Å². The molecule has 140 valence electrons. The maximum atomic E-state index is 12.3. The van der Waals surface area contributed by atoms with Crippen molar-refractivity contribution < 1.29 is 9.53 Å². The third kappa shape index (κ3) is 3.68. The van der Waals surface area contributed by atoms with Gasteiger partial charge in [0, 0.05) is 17.3 Å². The Morgan fingerprint density at radius 1 is 0.857 bits per heavy atom. The van der Waals surface area contributed by atoms with Crippen LogP contribution in [0.15, 0.2) is 72.8 Å². The number of benzene rings is 3. The maximum absolute atomic E-state index is 12.3. The van der Waals surface area contributed by atoms with Crippen molar-refractivity contribution >= 4 is 34.8 Å². The molecule has 5 nitrogen and oxygen atoms in total. The molecule has 4 N–H and O–H groups in total. The molecule has 0 unspecified atom stereocenters. The topological polar surface area (TPSA) is 76.4 Å². The summed E-state index contributed by atoms with van der Waals surface area (Å²) in [4.78, 5) is 12.3. The molecule has 0 aliphatic heterocycles. The molecule has 6 heteroatoms. The van der Waals surface area contributed by atoms with E-state index < -0.39 is 6.09 Å². The average molecular weight is 389 g/mol. The summed E-state index contributed by atoms with van der Waals surface area (Å²) in [6.45, 7) is 0.279. The molecule has 0 heterocycles. The fourth-order valence-electron chi connectivity index (χ4n) is 3.53. The Morgan fingerprint density at radius 2 is 1.36 bits per heavy atom. The summed E-state index contributed by atoms with van der Waals surface area (Å²) in [6, 6.07) is 23.5. The highest BCUT2D eigenvalue weighted by Gasteiger charge is 2.28. The predicted molar refractivity (Wildman–Crippen MR) is 116 cm³/mol. The van der Waals surface area contributed by atoms with Crippen molar-refractivity contribution in [2.75, 3.05) is 17.2 Å². The van der Waals surface area contributed by atoms with Crippen molar-refractivity contribution in [2.45, 2.75) is 5.92 Å². The number of hydrogen-bond donors (Lipinski definition) is 3. The number of thiocarbonyl (C=S) groups is 1. The highest BCUT2D eigenvalue weighted by molar-refractivity contribution is 7.80. The van der Waals surface area contributed by atoms with Crippen LogP contribution in [0.3, 0.4) is 0 Å². The molecule has 0 aromatic heterocycles. The van der Waals surface area contributed by atoms with Crippen molar-refractivity contribution in [3.63, 3.8) is 0 Å². The Bertz CT molecular complexity index is 988. The number of anilines is 2. The standard InChI is InChI=1S/C22H19N3O2S/c23-21(28)24-14-9-11-15(12-10-14)25-22(26)27-13-20-18-7-3-1-5-16(18)17-6-2-4-8-19(17)20/h1-12,20H,13H2,(H,25,26)(H3,23,24,28). The molecule has 0 bridgehead atoms. The second-order valence-electron chi connectivity index (χ2n) is 6.52. The number of carbonyl (C=O) groups excluding carboxylic acids is 1. The van der Waals surface area contributed by atoms with E-state index in [4.69, 9.17) is 22.7 Å². The molecular weight excluding hydrogens is 370 g/mol. The zero-order chi connectivity index (χ0) is 19.5. The summed E-state index contributed by atoms with van der Waals surface area (Å²) in [5.41, 5.74) is 11.6. The number of rotatable bonds is 4. The van der Waals surface area contributed by atoms with E-state index in [9.17, 15) is 4.79 Å². The number of nitrogens with two attached hydrogens (primary N) is 1. The summed E-state index contributed by atoms with van der Waals surface area (Å²) in [6.07, 6.45) is -0.489. The van der Waals surface area contributed by atoms with Crippen LogP contribution in [0.4, 0.5) is 16.2 Å². The van der Waals surface area contributed by atoms with Crippen molar-refractivity contribution in [3.8, 4) is 11.1 Å². The first-order valence-electron chi connectivity index (χ1n) is 8.90. The van der Waals surface area contributed by atoms with Crippen LogP contribution in [0, 0.1) is 0 Å².